The zero-order valence-corrected chi connectivity index (χ0v) is 16.3. The van der Waals surface area contributed by atoms with Crippen LogP contribution in [0, 0.1) is 5.82 Å². The van der Waals surface area contributed by atoms with Gasteiger partial charge in [-0.25, -0.2) is 12.8 Å². The Morgan fingerprint density at radius 3 is 2.52 bits per heavy atom. The number of hydrogen-bond acceptors (Lipinski definition) is 5. The van der Waals surface area contributed by atoms with E-state index in [1.54, 1.807) is 0 Å². The first kappa shape index (κ1) is 19.3. The number of nitrogens with zero attached hydrogens (tertiary/aromatic N) is 2. The summed E-state index contributed by atoms with van der Waals surface area (Å²) in [6.07, 6.45) is 5.73. The molecule has 0 amide bonds. The smallest absolute Gasteiger partial charge is 0.246 e. The van der Waals surface area contributed by atoms with Gasteiger partial charge in [-0.05, 0) is 31.4 Å². The topological polar surface area (TPSA) is 59.1 Å². The van der Waals surface area contributed by atoms with Crippen LogP contribution in [0.25, 0.3) is 0 Å². The van der Waals surface area contributed by atoms with Crippen LogP contribution in [-0.4, -0.2) is 68.8 Å². The Bertz CT molecular complexity index is 769. The number of hydrogen-bond donors (Lipinski definition) is 0. The summed E-state index contributed by atoms with van der Waals surface area (Å²) in [5, 5.41) is 0. The third-order valence-corrected chi connectivity index (χ3v) is 7.70. The van der Waals surface area contributed by atoms with Gasteiger partial charge in [0.1, 0.15) is 10.7 Å². The van der Waals surface area contributed by atoms with Gasteiger partial charge in [0.25, 0.3) is 0 Å². The number of ether oxygens (including phenoxy) is 2. The highest BCUT2D eigenvalue weighted by Crippen LogP contribution is 2.32. The number of sulfonamides is 1. The Balaban J connectivity index is 1.56. The van der Waals surface area contributed by atoms with Crippen LogP contribution in [0.5, 0.6) is 0 Å². The lowest BCUT2D eigenvalue weighted by atomic mass is 10.1. The molecule has 0 radical (unpaired) electrons. The molecule has 4 rings (SSSR count). The van der Waals surface area contributed by atoms with Gasteiger partial charge in [0.15, 0.2) is 5.79 Å². The van der Waals surface area contributed by atoms with Crippen molar-refractivity contribution >= 4 is 10.0 Å². The van der Waals surface area contributed by atoms with E-state index in [0.717, 1.165) is 13.0 Å². The number of rotatable bonds is 3. The van der Waals surface area contributed by atoms with Crippen LogP contribution in [0.2, 0.25) is 0 Å². The standard InChI is InChI=1S/C19H27FN2O4S/c20-17-8-3-4-9-18(17)27(23,24)22-11-13-26-19(15-22)14-21(10-5-12-25-19)16-6-1-2-7-16/h3-4,8-9,16H,1-2,5-7,10-15H2. The molecule has 1 saturated carbocycles. The summed E-state index contributed by atoms with van der Waals surface area (Å²) in [7, 11) is -3.94. The molecule has 0 aromatic heterocycles. The predicted octanol–water partition coefficient (Wildman–Crippen LogP) is 2.21. The van der Waals surface area contributed by atoms with Crippen molar-refractivity contribution in [1.82, 2.24) is 9.21 Å². The van der Waals surface area contributed by atoms with Crippen molar-refractivity contribution in [2.75, 3.05) is 39.4 Å². The molecule has 27 heavy (non-hydrogen) atoms. The third-order valence-electron chi connectivity index (χ3n) is 5.82. The van der Waals surface area contributed by atoms with Gasteiger partial charge in [0, 0.05) is 19.1 Å². The van der Waals surface area contributed by atoms with Crippen LogP contribution in [0.15, 0.2) is 29.2 Å². The number of halogens is 1. The van der Waals surface area contributed by atoms with Crippen LogP contribution in [0.1, 0.15) is 32.1 Å². The Hall–Kier alpha value is -1.06. The van der Waals surface area contributed by atoms with E-state index in [-0.39, 0.29) is 24.6 Å². The molecule has 1 aromatic rings. The quantitative estimate of drug-likeness (QED) is 0.781. The second-order valence-electron chi connectivity index (χ2n) is 7.64. The molecule has 3 aliphatic rings. The molecule has 0 N–H and O–H groups in total. The molecular weight excluding hydrogens is 371 g/mol. The average Bonchev–Trinajstić information content (AvgIpc) is 3.12. The van der Waals surface area contributed by atoms with Gasteiger partial charge in [-0.3, -0.25) is 4.90 Å². The molecule has 1 aromatic carbocycles. The van der Waals surface area contributed by atoms with Crippen LogP contribution in [0.3, 0.4) is 0 Å². The van der Waals surface area contributed by atoms with Gasteiger partial charge < -0.3 is 9.47 Å². The molecular formula is C19H27FN2O4S. The van der Waals surface area contributed by atoms with Gasteiger partial charge in [-0.1, -0.05) is 25.0 Å². The third kappa shape index (κ3) is 3.91. The number of benzene rings is 1. The molecule has 8 heteroatoms. The highest BCUT2D eigenvalue weighted by molar-refractivity contribution is 7.89. The minimum atomic E-state index is -3.94. The first-order valence-corrected chi connectivity index (χ1v) is 11.2. The fourth-order valence-electron chi connectivity index (χ4n) is 4.45. The van der Waals surface area contributed by atoms with Gasteiger partial charge >= 0.3 is 0 Å². The fourth-order valence-corrected chi connectivity index (χ4v) is 5.97. The zero-order valence-electron chi connectivity index (χ0n) is 15.5. The Morgan fingerprint density at radius 2 is 1.74 bits per heavy atom. The molecule has 2 saturated heterocycles. The normalized spacial score (nSPS) is 29.2. The maximum atomic E-state index is 14.1. The zero-order chi connectivity index (χ0) is 18.9. The van der Waals surface area contributed by atoms with Crippen molar-refractivity contribution < 1.29 is 22.3 Å². The summed E-state index contributed by atoms with van der Waals surface area (Å²) in [5.41, 5.74) is 0. The van der Waals surface area contributed by atoms with Gasteiger partial charge in [0.2, 0.25) is 10.0 Å². The molecule has 1 unspecified atom stereocenters. The fraction of sp³-hybridized carbons (Fsp3) is 0.684. The minimum Gasteiger partial charge on any atom is -0.347 e. The second-order valence-corrected chi connectivity index (χ2v) is 9.55. The molecule has 6 nitrogen and oxygen atoms in total. The van der Waals surface area contributed by atoms with Crippen LogP contribution in [0.4, 0.5) is 4.39 Å². The molecule has 1 atom stereocenters. The van der Waals surface area contributed by atoms with Gasteiger partial charge in [-0.2, -0.15) is 4.31 Å². The molecule has 0 bridgehead atoms. The first-order valence-electron chi connectivity index (χ1n) is 9.77. The Labute approximate surface area is 160 Å². The van der Waals surface area contributed by atoms with Gasteiger partial charge in [-0.15, -0.1) is 0 Å². The van der Waals surface area contributed by atoms with E-state index in [1.807, 2.05) is 0 Å². The first-order chi connectivity index (χ1) is 13.0. The molecule has 1 spiro atoms. The molecule has 150 valence electrons. The largest absolute Gasteiger partial charge is 0.347 e. The second kappa shape index (κ2) is 7.75. The van der Waals surface area contributed by atoms with E-state index in [0.29, 0.717) is 19.2 Å². The van der Waals surface area contributed by atoms with Crippen molar-refractivity contribution in [3.63, 3.8) is 0 Å². The van der Waals surface area contributed by atoms with Crippen molar-refractivity contribution in [1.29, 1.82) is 0 Å². The summed E-state index contributed by atoms with van der Waals surface area (Å²) in [6, 6.07) is 6.03. The molecule has 2 aliphatic heterocycles. The predicted molar refractivity (Wildman–Crippen MR) is 98.2 cm³/mol. The molecule has 3 fully saturated rings. The summed E-state index contributed by atoms with van der Waals surface area (Å²) < 4.78 is 53.5. The lowest BCUT2D eigenvalue weighted by Gasteiger charge is -2.43. The van der Waals surface area contributed by atoms with Crippen molar-refractivity contribution in [3.05, 3.63) is 30.1 Å². The van der Waals surface area contributed by atoms with E-state index in [2.05, 4.69) is 4.90 Å². The summed E-state index contributed by atoms with van der Waals surface area (Å²) in [6.45, 7) is 2.57. The maximum Gasteiger partial charge on any atom is 0.246 e. The van der Waals surface area contributed by atoms with Crippen LogP contribution < -0.4 is 0 Å². The van der Waals surface area contributed by atoms with E-state index in [4.69, 9.17) is 9.47 Å². The monoisotopic (exact) mass is 398 g/mol. The highest BCUT2D eigenvalue weighted by atomic mass is 32.2. The van der Waals surface area contributed by atoms with Crippen LogP contribution in [-0.2, 0) is 19.5 Å². The molecule has 2 heterocycles. The average molecular weight is 399 g/mol. The lowest BCUT2D eigenvalue weighted by molar-refractivity contribution is -0.258. The summed E-state index contributed by atoms with van der Waals surface area (Å²) in [4.78, 5) is 2.11. The highest BCUT2D eigenvalue weighted by Gasteiger charge is 2.45. The van der Waals surface area contributed by atoms with Crippen molar-refractivity contribution in [2.24, 2.45) is 0 Å². The minimum absolute atomic E-state index is 0.0902. The van der Waals surface area contributed by atoms with E-state index in [9.17, 15) is 12.8 Å². The van der Waals surface area contributed by atoms with Crippen LogP contribution >= 0.6 is 0 Å². The SMILES string of the molecule is O=S(=O)(c1ccccc1F)N1CCOC2(CN(C3CCCC3)CCCO2)C1. The Kier molecular flexibility index (Phi) is 5.53. The Morgan fingerprint density at radius 1 is 1.00 bits per heavy atom. The molecule has 1 aliphatic carbocycles. The summed E-state index contributed by atoms with van der Waals surface area (Å²) in [5.74, 6) is -1.71. The summed E-state index contributed by atoms with van der Waals surface area (Å²) >= 11 is 0. The van der Waals surface area contributed by atoms with Crippen molar-refractivity contribution in [3.8, 4) is 0 Å². The van der Waals surface area contributed by atoms with Gasteiger partial charge in [0.05, 0.1) is 26.3 Å². The maximum absolute atomic E-state index is 14.1. The van der Waals surface area contributed by atoms with E-state index >= 15 is 0 Å². The van der Waals surface area contributed by atoms with E-state index < -0.39 is 21.6 Å². The van der Waals surface area contributed by atoms with E-state index in [1.165, 1.54) is 54.3 Å². The van der Waals surface area contributed by atoms with Crippen molar-refractivity contribution in [2.45, 2.75) is 48.8 Å². The number of morpholine rings is 1. The lowest BCUT2D eigenvalue weighted by Crippen LogP contribution is -2.59.